The van der Waals surface area contributed by atoms with Gasteiger partial charge < -0.3 is 14.8 Å². The van der Waals surface area contributed by atoms with Crippen LogP contribution in [-0.2, 0) is 17.9 Å². The minimum atomic E-state index is 0.0272. The van der Waals surface area contributed by atoms with Crippen molar-refractivity contribution in [2.75, 3.05) is 18.4 Å². The molecular formula is C19H22N4O2. The van der Waals surface area contributed by atoms with Crippen LogP contribution in [0.15, 0.2) is 41.3 Å². The molecule has 2 atom stereocenters. The molecule has 2 aromatic heterocycles. The summed E-state index contributed by atoms with van der Waals surface area (Å²) in [6, 6.07) is 9.65. The molecule has 0 spiro atoms. The van der Waals surface area contributed by atoms with Crippen molar-refractivity contribution in [3.8, 4) is 0 Å². The Morgan fingerprint density at radius 3 is 2.88 bits per heavy atom. The Morgan fingerprint density at radius 2 is 2.12 bits per heavy atom. The Balaban J connectivity index is 1.58. The smallest absolute Gasteiger partial charge is 0.274 e. The highest BCUT2D eigenvalue weighted by atomic mass is 16.2. The van der Waals surface area contributed by atoms with Crippen LogP contribution in [0.4, 0.5) is 5.69 Å². The van der Waals surface area contributed by atoms with Crippen molar-refractivity contribution in [3.63, 3.8) is 0 Å². The summed E-state index contributed by atoms with van der Waals surface area (Å²) in [5.41, 5.74) is 2.59. The molecule has 0 aliphatic carbocycles. The SMILES string of the molecule is CC(=O)N1C[C@@H]2C[C@H](C1)c1ccc(NCc3ccccn3)c(=O)n1C2. The van der Waals surface area contributed by atoms with E-state index in [0.29, 0.717) is 31.2 Å². The standard InChI is InChI=1S/C19H22N4O2/c1-13(24)22-10-14-8-15(12-22)18-6-5-17(19(25)23(18)11-14)21-9-16-4-2-3-7-20-16/h2-7,14-15,21H,8-12H2,1H3/t14-,15+/m0/s1. The summed E-state index contributed by atoms with van der Waals surface area (Å²) in [7, 11) is 0. The van der Waals surface area contributed by atoms with Crippen molar-refractivity contribution in [3.05, 3.63) is 58.3 Å². The van der Waals surface area contributed by atoms with Gasteiger partial charge in [0.25, 0.3) is 5.56 Å². The van der Waals surface area contributed by atoms with Gasteiger partial charge in [-0.25, -0.2) is 0 Å². The summed E-state index contributed by atoms with van der Waals surface area (Å²) in [5, 5.41) is 3.21. The van der Waals surface area contributed by atoms with Gasteiger partial charge in [0.05, 0.1) is 12.2 Å². The van der Waals surface area contributed by atoms with Gasteiger partial charge in [-0.2, -0.15) is 0 Å². The van der Waals surface area contributed by atoms with Gasteiger partial charge >= 0.3 is 0 Å². The number of hydrogen-bond acceptors (Lipinski definition) is 4. The van der Waals surface area contributed by atoms with Crippen molar-refractivity contribution in [1.82, 2.24) is 14.5 Å². The molecule has 6 heteroatoms. The third-order valence-corrected chi connectivity index (χ3v) is 5.24. The van der Waals surface area contributed by atoms with Crippen LogP contribution in [0, 0.1) is 5.92 Å². The van der Waals surface area contributed by atoms with E-state index in [0.717, 1.165) is 24.4 Å². The number of nitrogens with zero attached hydrogens (tertiary/aromatic N) is 3. The third kappa shape index (κ3) is 3.04. The first-order valence-corrected chi connectivity index (χ1v) is 8.75. The molecule has 2 aliphatic heterocycles. The molecule has 1 saturated heterocycles. The Labute approximate surface area is 146 Å². The Morgan fingerprint density at radius 1 is 1.24 bits per heavy atom. The van der Waals surface area contributed by atoms with Crippen molar-refractivity contribution < 1.29 is 4.79 Å². The second-order valence-corrected chi connectivity index (χ2v) is 6.98. The highest BCUT2D eigenvalue weighted by molar-refractivity contribution is 5.73. The molecule has 2 aromatic rings. The number of hydrogen-bond donors (Lipinski definition) is 1. The molecule has 0 unspecified atom stereocenters. The highest BCUT2D eigenvalue weighted by Crippen LogP contribution is 2.35. The van der Waals surface area contributed by atoms with Gasteiger partial charge in [-0.05, 0) is 36.6 Å². The van der Waals surface area contributed by atoms with E-state index in [2.05, 4.69) is 10.3 Å². The summed E-state index contributed by atoms with van der Waals surface area (Å²) >= 11 is 0. The zero-order valence-corrected chi connectivity index (χ0v) is 14.3. The number of fused-ring (bicyclic) bond motifs is 4. The van der Waals surface area contributed by atoms with Crippen molar-refractivity contribution in [1.29, 1.82) is 0 Å². The number of likely N-dealkylation sites (tertiary alicyclic amines) is 1. The van der Waals surface area contributed by atoms with Crippen LogP contribution in [0.5, 0.6) is 0 Å². The minimum Gasteiger partial charge on any atom is -0.375 e. The van der Waals surface area contributed by atoms with Crippen molar-refractivity contribution in [2.24, 2.45) is 5.92 Å². The van der Waals surface area contributed by atoms with Gasteiger partial charge in [0.1, 0.15) is 5.69 Å². The quantitative estimate of drug-likeness (QED) is 0.927. The Bertz CT molecular complexity index is 846. The number of rotatable bonds is 3. The second kappa shape index (κ2) is 6.35. The normalized spacial score (nSPS) is 21.6. The average molecular weight is 338 g/mol. The van der Waals surface area contributed by atoms with E-state index in [4.69, 9.17) is 0 Å². The van der Waals surface area contributed by atoms with Gasteiger partial charge in [0.2, 0.25) is 5.91 Å². The Hall–Kier alpha value is -2.63. The molecule has 0 radical (unpaired) electrons. The fourth-order valence-corrected chi connectivity index (χ4v) is 4.03. The van der Waals surface area contributed by atoms with Gasteiger partial charge in [-0.3, -0.25) is 14.6 Å². The van der Waals surface area contributed by atoms with E-state index in [9.17, 15) is 9.59 Å². The van der Waals surface area contributed by atoms with Crippen molar-refractivity contribution in [2.45, 2.75) is 32.4 Å². The zero-order valence-electron chi connectivity index (χ0n) is 14.3. The third-order valence-electron chi connectivity index (χ3n) is 5.24. The zero-order chi connectivity index (χ0) is 17.4. The predicted octanol–water partition coefficient (Wildman–Crippen LogP) is 1.82. The lowest BCUT2D eigenvalue weighted by molar-refractivity contribution is -0.131. The molecule has 2 aliphatic rings. The molecule has 4 heterocycles. The summed E-state index contributed by atoms with van der Waals surface area (Å²) in [5.74, 6) is 0.743. The molecule has 0 aromatic carbocycles. The van der Waals surface area contributed by atoms with E-state index in [1.165, 1.54) is 0 Å². The van der Waals surface area contributed by atoms with E-state index in [1.54, 1.807) is 13.1 Å². The van der Waals surface area contributed by atoms with E-state index >= 15 is 0 Å². The van der Waals surface area contributed by atoms with E-state index < -0.39 is 0 Å². The molecule has 130 valence electrons. The lowest BCUT2D eigenvalue weighted by Crippen LogP contribution is -2.48. The molecule has 0 saturated carbocycles. The molecule has 1 N–H and O–H groups in total. The number of aromatic nitrogens is 2. The number of pyridine rings is 2. The van der Waals surface area contributed by atoms with Crippen LogP contribution < -0.4 is 10.9 Å². The second-order valence-electron chi connectivity index (χ2n) is 6.98. The number of carbonyl (C=O) groups is 1. The van der Waals surface area contributed by atoms with Crippen molar-refractivity contribution >= 4 is 11.6 Å². The largest absolute Gasteiger partial charge is 0.375 e. The topological polar surface area (TPSA) is 67.2 Å². The fourth-order valence-electron chi connectivity index (χ4n) is 4.03. The molecule has 2 bridgehead atoms. The molecule has 1 amide bonds. The molecule has 1 fully saturated rings. The predicted molar refractivity (Wildman–Crippen MR) is 95.4 cm³/mol. The number of anilines is 1. The van der Waals surface area contributed by atoms with Crippen LogP contribution in [0.1, 0.15) is 30.7 Å². The first-order chi connectivity index (χ1) is 12.1. The first-order valence-electron chi connectivity index (χ1n) is 8.75. The number of nitrogens with one attached hydrogen (secondary N) is 1. The number of piperidine rings is 1. The maximum absolute atomic E-state index is 12.9. The van der Waals surface area contributed by atoms with Crippen LogP contribution in [0.2, 0.25) is 0 Å². The van der Waals surface area contributed by atoms with Gasteiger partial charge in [-0.1, -0.05) is 6.07 Å². The minimum absolute atomic E-state index is 0.0272. The lowest BCUT2D eigenvalue weighted by atomic mass is 9.83. The maximum atomic E-state index is 12.9. The van der Waals surface area contributed by atoms with E-state index in [-0.39, 0.29) is 17.4 Å². The Kier molecular flexibility index (Phi) is 4.03. The summed E-state index contributed by atoms with van der Waals surface area (Å²) < 4.78 is 1.90. The first kappa shape index (κ1) is 15.9. The number of amides is 1. The number of carbonyl (C=O) groups excluding carboxylic acids is 1. The van der Waals surface area contributed by atoms with Crippen LogP contribution >= 0.6 is 0 Å². The van der Waals surface area contributed by atoms with E-state index in [1.807, 2.05) is 39.8 Å². The summed E-state index contributed by atoms with van der Waals surface area (Å²) in [6.45, 7) is 4.31. The van der Waals surface area contributed by atoms with Crippen LogP contribution in [0.25, 0.3) is 0 Å². The monoisotopic (exact) mass is 338 g/mol. The highest BCUT2D eigenvalue weighted by Gasteiger charge is 2.35. The molecular weight excluding hydrogens is 316 g/mol. The molecule has 4 rings (SSSR count). The average Bonchev–Trinajstić information content (AvgIpc) is 2.62. The molecule has 25 heavy (non-hydrogen) atoms. The van der Waals surface area contributed by atoms with Crippen LogP contribution in [0.3, 0.4) is 0 Å². The molecule has 6 nitrogen and oxygen atoms in total. The fraction of sp³-hybridized carbons (Fsp3) is 0.421. The van der Waals surface area contributed by atoms with Gasteiger partial charge in [0, 0.05) is 44.4 Å². The summed E-state index contributed by atoms with van der Waals surface area (Å²) in [4.78, 5) is 30.8. The van der Waals surface area contributed by atoms with Gasteiger partial charge in [-0.15, -0.1) is 0 Å². The van der Waals surface area contributed by atoms with Crippen LogP contribution in [-0.4, -0.2) is 33.4 Å². The maximum Gasteiger partial charge on any atom is 0.274 e. The summed E-state index contributed by atoms with van der Waals surface area (Å²) in [6.07, 6.45) is 2.81. The lowest BCUT2D eigenvalue weighted by Gasteiger charge is -2.42. The van der Waals surface area contributed by atoms with Gasteiger partial charge in [0.15, 0.2) is 0 Å².